The molecule has 4 fully saturated rings. The Morgan fingerprint density at radius 2 is 1.91 bits per heavy atom. The van der Waals surface area contributed by atoms with Crippen molar-refractivity contribution in [3.8, 4) is 28.0 Å². The van der Waals surface area contributed by atoms with Crippen molar-refractivity contribution in [1.82, 2.24) is 20.4 Å². The van der Waals surface area contributed by atoms with Crippen LogP contribution in [0.3, 0.4) is 0 Å². The van der Waals surface area contributed by atoms with Crippen molar-refractivity contribution in [2.45, 2.75) is 93.5 Å². The van der Waals surface area contributed by atoms with Crippen LogP contribution >= 0.6 is 0 Å². The number of aromatic nitrogens is 2. The van der Waals surface area contributed by atoms with E-state index in [9.17, 15) is 14.7 Å². The van der Waals surface area contributed by atoms with E-state index >= 15 is 8.78 Å². The summed E-state index contributed by atoms with van der Waals surface area (Å²) < 4.78 is 39.0. The van der Waals surface area contributed by atoms with Crippen molar-refractivity contribution in [3.05, 3.63) is 59.7 Å². The third-order valence-corrected chi connectivity index (χ3v) is 10.3. The van der Waals surface area contributed by atoms with E-state index in [1.54, 1.807) is 25.4 Å². The molecule has 2 heterocycles. The number of hydrogen-bond acceptors (Lipinski definition) is 5. The molecule has 3 aromatic rings. The molecule has 10 heteroatoms. The summed E-state index contributed by atoms with van der Waals surface area (Å²) in [5.74, 6) is -1.26. The van der Waals surface area contributed by atoms with Gasteiger partial charge in [-0.2, -0.15) is 5.10 Å². The summed E-state index contributed by atoms with van der Waals surface area (Å²) in [4.78, 5) is 25.0. The van der Waals surface area contributed by atoms with Gasteiger partial charge in [-0.25, -0.2) is 13.6 Å². The standard InChI is InChI=1S/C34H38F2N4O4/c1-40-17-26(30(39-40)31(41)42)21-9-12-28(25(15-21)24-7-3-8-27(35)29(24)20-5-2-6-20)44-23-11-10-22(16-23)38-32(43)34(36)18-33(37-19-34)13-4-14-33/h3,7-9,12,15,17,20,22-23,37H,2,4-6,10-11,13-14,16,18-19H2,1H3,(H,38,43)(H,41,42)/t22-,23-,34+/m1/s1. The van der Waals surface area contributed by atoms with Gasteiger partial charge >= 0.3 is 5.97 Å². The van der Waals surface area contributed by atoms with Gasteiger partial charge in [0.25, 0.3) is 5.91 Å². The van der Waals surface area contributed by atoms with E-state index in [-0.39, 0.29) is 48.1 Å². The first-order chi connectivity index (χ1) is 21.1. The van der Waals surface area contributed by atoms with Crippen LogP contribution in [0.2, 0.25) is 0 Å². The van der Waals surface area contributed by atoms with Crippen LogP contribution in [0.25, 0.3) is 22.3 Å². The molecular weight excluding hydrogens is 566 g/mol. The summed E-state index contributed by atoms with van der Waals surface area (Å²) in [6.07, 6.45) is 9.31. The van der Waals surface area contributed by atoms with Gasteiger partial charge in [-0.15, -0.1) is 0 Å². The second-order valence-corrected chi connectivity index (χ2v) is 13.3. The molecule has 2 aromatic carbocycles. The number of ether oxygens (including phenoxy) is 1. The Labute approximate surface area is 255 Å². The molecule has 1 amide bonds. The minimum absolute atomic E-state index is 0.0542. The molecule has 3 aliphatic carbocycles. The molecular formula is C34H38F2N4O4. The van der Waals surface area contributed by atoms with Crippen LogP contribution in [0.4, 0.5) is 8.78 Å². The van der Waals surface area contributed by atoms with Crippen molar-refractivity contribution < 1.29 is 28.2 Å². The van der Waals surface area contributed by atoms with Gasteiger partial charge in [0, 0.05) is 55.3 Å². The van der Waals surface area contributed by atoms with E-state index in [1.165, 1.54) is 10.7 Å². The lowest BCUT2D eigenvalue weighted by Gasteiger charge is -2.38. The number of carboxylic acid groups (broad SMARTS) is 1. The Bertz CT molecular complexity index is 1610. The number of nitrogens with zero attached hydrogens (tertiary/aromatic N) is 2. The van der Waals surface area contributed by atoms with Crippen LogP contribution < -0.4 is 15.4 Å². The number of carboxylic acids is 1. The third kappa shape index (κ3) is 5.16. The molecule has 1 aromatic heterocycles. The summed E-state index contributed by atoms with van der Waals surface area (Å²) in [5, 5.41) is 20.1. The second kappa shape index (κ2) is 11.0. The summed E-state index contributed by atoms with van der Waals surface area (Å²) in [5.41, 5.74) is 1.00. The molecule has 1 aliphatic heterocycles. The highest BCUT2D eigenvalue weighted by atomic mass is 19.1. The maximum absolute atomic E-state index is 15.6. The number of carbonyl (C=O) groups is 2. The number of rotatable bonds is 8. The maximum atomic E-state index is 15.6. The number of hydrogen-bond donors (Lipinski definition) is 3. The van der Waals surface area contributed by atoms with Gasteiger partial charge in [0.2, 0.25) is 5.67 Å². The van der Waals surface area contributed by atoms with Gasteiger partial charge in [0.05, 0.1) is 0 Å². The maximum Gasteiger partial charge on any atom is 0.357 e. The molecule has 3 atom stereocenters. The molecule has 0 unspecified atom stereocenters. The molecule has 7 rings (SSSR count). The molecule has 3 N–H and O–H groups in total. The molecule has 232 valence electrons. The highest BCUT2D eigenvalue weighted by molar-refractivity contribution is 5.94. The lowest BCUT2D eigenvalue weighted by atomic mass is 9.74. The first kappa shape index (κ1) is 29.0. The largest absolute Gasteiger partial charge is 0.490 e. The quantitative estimate of drug-likeness (QED) is 0.296. The zero-order valence-electron chi connectivity index (χ0n) is 24.9. The Kier molecular flexibility index (Phi) is 7.22. The predicted octanol–water partition coefficient (Wildman–Crippen LogP) is 5.90. The number of amides is 1. The third-order valence-electron chi connectivity index (χ3n) is 10.3. The summed E-state index contributed by atoms with van der Waals surface area (Å²) in [6.45, 7) is 0.0542. The molecule has 1 spiro atoms. The minimum atomic E-state index is -1.89. The number of aromatic carboxylic acids is 1. The van der Waals surface area contributed by atoms with Crippen molar-refractivity contribution >= 4 is 11.9 Å². The fourth-order valence-corrected chi connectivity index (χ4v) is 7.53. The van der Waals surface area contributed by atoms with Gasteiger partial charge < -0.3 is 20.5 Å². The normalized spacial score (nSPS) is 25.9. The van der Waals surface area contributed by atoms with E-state index < -0.39 is 17.5 Å². The van der Waals surface area contributed by atoms with Crippen LogP contribution in [0, 0.1) is 5.82 Å². The Morgan fingerprint density at radius 1 is 1.09 bits per heavy atom. The minimum Gasteiger partial charge on any atom is -0.490 e. The van der Waals surface area contributed by atoms with Gasteiger partial charge in [-0.1, -0.05) is 24.6 Å². The second-order valence-electron chi connectivity index (χ2n) is 13.3. The van der Waals surface area contributed by atoms with Gasteiger partial charge in [0.15, 0.2) is 5.69 Å². The number of carbonyl (C=O) groups excluding carboxylic acids is 1. The topological polar surface area (TPSA) is 105 Å². The van der Waals surface area contributed by atoms with Crippen molar-refractivity contribution in [2.75, 3.05) is 6.54 Å². The predicted molar refractivity (Wildman–Crippen MR) is 161 cm³/mol. The highest BCUT2D eigenvalue weighted by Crippen LogP contribution is 2.47. The fourth-order valence-electron chi connectivity index (χ4n) is 7.53. The Balaban J connectivity index is 1.15. The molecule has 3 saturated carbocycles. The van der Waals surface area contributed by atoms with E-state index in [1.807, 2.05) is 18.2 Å². The van der Waals surface area contributed by atoms with Crippen LogP contribution in [-0.4, -0.2) is 56.7 Å². The van der Waals surface area contributed by atoms with E-state index in [0.29, 0.717) is 47.3 Å². The Hall–Kier alpha value is -3.79. The van der Waals surface area contributed by atoms with E-state index in [2.05, 4.69) is 15.7 Å². The number of aryl methyl sites for hydroxylation is 1. The smallest absolute Gasteiger partial charge is 0.357 e. The lowest BCUT2D eigenvalue weighted by Crippen LogP contribution is -2.49. The fraction of sp³-hybridized carbons (Fsp3) is 0.500. The van der Waals surface area contributed by atoms with Crippen LogP contribution in [0.5, 0.6) is 5.75 Å². The lowest BCUT2D eigenvalue weighted by molar-refractivity contribution is -0.133. The van der Waals surface area contributed by atoms with Gasteiger partial charge in [-0.05, 0) is 85.8 Å². The van der Waals surface area contributed by atoms with E-state index in [0.717, 1.165) is 44.1 Å². The average Bonchev–Trinajstić information content (AvgIpc) is 3.66. The zero-order chi connectivity index (χ0) is 30.6. The number of alkyl halides is 1. The van der Waals surface area contributed by atoms with Crippen LogP contribution in [0.1, 0.15) is 86.2 Å². The van der Waals surface area contributed by atoms with Crippen molar-refractivity contribution in [2.24, 2.45) is 7.05 Å². The average molecular weight is 605 g/mol. The number of benzene rings is 2. The molecule has 0 bridgehead atoms. The Morgan fingerprint density at radius 3 is 2.59 bits per heavy atom. The monoisotopic (exact) mass is 604 g/mol. The van der Waals surface area contributed by atoms with Gasteiger partial charge in [-0.3, -0.25) is 9.48 Å². The van der Waals surface area contributed by atoms with E-state index in [4.69, 9.17) is 4.74 Å². The van der Waals surface area contributed by atoms with Crippen molar-refractivity contribution in [1.29, 1.82) is 0 Å². The van der Waals surface area contributed by atoms with Crippen LogP contribution in [-0.2, 0) is 11.8 Å². The molecule has 8 nitrogen and oxygen atoms in total. The van der Waals surface area contributed by atoms with Crippen LogP contribution in [0.15, 0.2) is 42.6 Å². The molecule has 0 radical (unpaired) electrons. The zero-order valence-corrected chi connectivity index (χ0v) is 24.9. The summed E-state index contributed by atoms with van der Waals surface area (Å²) >= 11 is 0. The first-order valence-corrected chi connectivity index (χ1v) is 15.7. The number of halogens is 2. The molecule has 4 aliphatic rings. The number of nitrogens with one attached hydrogen (secondary N) is 2. The molecule has 44 heavy (non-hydrogen) atoms. The molecule has 1 saturated heterocycles. The SMILES string of the molecule is Cn1cc(-c2ccc(O[C@@H]3CC[C@@H](NC(=O)[C@@]4(F)CNC5(CCC5)C4)C3)c(-c3cccc(F)c3C3CCC3)c2)c(C(=O)O)n1. The van der Waals surface area contributed by atoms with Gasteiger partial charge in [0.1, 0.15) is 17.7 Å². The highest BCUT2D eigenvalue weighted by Gasteiger charge is 2.55. The van der Waals surface area contributed by atoms with Crippen molar-refractivity contribution in [3.63, 3.8) is 0 Å². The summed E-state index contributed by atoms with van der Waals surface area (Å²) in [6, 6.07) is 10.3. The first-order valence-electron chi connectivity index (χ1n) is 15.7. The summed E-state index contributed by atoms with van der Waals surface area (Å²) in [7, 11) is 1.67.